The topological polar surface area (TPSA) is 129 Å². The van der Waals surface area contributed by atoms with Gasteiger partial charge in [0.05, 0.1) is 5.60 Å². The van der Waals surface area contributed by atoms with Crippen molar-refractivity contribution in [2.45, 2.75) is 38.7 Å². The Balaban J connectivity index is 0. The summed E-state index contributed by atoms with van der Waals surface area (Å²) >= 11 is 0. The quantitative estimate of drug-likeness (QED) is 0.393. The summed E-state index contributed by atoms with van der Waals surface area (Å²) in [6.07, 6.45) is 2.05. The second-order valence-electron chi connectivity index (χ2n) is 3.50. The molecule has 0 saturated carbocycles. The van der Waals surface area contributed by atoms with E-state index in [4.69, 9.17) is 5.73 Å². The highest BCUT2D eigenvalue weighted by Crippen LogP contribution is 2.19. The van der Waals surface area contributed by atoms with Crippen LogP contribution in [0.3, 0.4) is 0 Å². The zero-order valence-corrected chi connectivity index (χ0v) is 9.76. The molecule has 6 nitrogen and oxygen atoms in total. The Morgan fingerprint density at radius 3 is 2.21 bits per heavy atom. The molecule has 0 atom stereocenters. The van der Waals surface area contributed by atoms with E-state index >= 15 is 0 Å². The van der Waals surface area contributed by atoms with Gasteiger partial charge < -0.3 is 16.4 Å². The lowest BCUT2D eigenvalue weighted by Gasteiger charge is -2.25. The van der Waals surface area contributed by atoms with Crippen molar-refractivity contribution in [3.63, 3.8) is 0 Å². The molecule has 0 heterocycles. The van der Waals surface area contributed by atoms with Gasteiger partial charge in [-0.1, -0.05) is 0 Å². The maximum Gasteiger partial charge on any atom is 0.218 e. The van der Waals surface area contributed by atoms with E-state index in [0.717, 1.165) is 12.8 Å². The van der Waals surface area contributed by atoms with Crippen LogP contribution in [0.4, 0.5) is 0 Å². The fourth-order valence-electron chi connectivity index (χ4n) is 1.01. The van der Waals surface area contributed by atoms with Gasteiger partial charge in [-0.25, -0.2) is 8.42 Å². The van der Waals surface area contributed by atoms with Crippen LogP contribution in [-0.4, -0.2) is 25.1 Å². The van der Waals surface area contributed by atoms with Crippen LogP contribution in [-0.2, 0) is 14.6 Å². The number of hydrogen-bond acceptors (Lipinski definition) is 5. The molecule has 0 saturated heterocycles. The van der Waals surface area contributed by atoms with Crippen LogP contribution in [0.2, 0.25) is 0 Å². The van der Waals surface area contributed by atoms with E-state index < -0.39 is 16.0 Å². The van der Waals surface area contributed by atoms with Crippen molar-refractivity contribution in [1.82, 2.24) is 6.15 Å². The van der Waals surface area contributed by atoms with Gasteiger partial charge in [0.2, 0.25) is 10.4 Å². The summed E-state index contributed by atoms with van der Waals surface area (Å²) in [5.74, 6) is 0. The molecule has 0 unspecified atom stereocenters. The molecule has 0 aromatic rings. The largest absolute Gasteiger partial charge is 0.726 e. The van der Waals surface area contributed by atoms with Crippen molar-refractivity contribution in [2.24, 2.45) is 5.73 Å². The summed E-state index contributed by atoms with van der Waals surface area (Å²) in [7, 11) is -4.60. The van der Waals surface area contributed by atoms with Gasteiger partial charge in [0.15, 0.2) is 0 Å². The first-order valence-corrected chi connectivity index (χ1v) is 5.47. The van der Waals surface area contributed by atoms with Crippen LogP contribution in [0.25, 0.3) is 0 Å². The molecule has 0 spiro atoms. The average molecular weight is 228 g/mol. The Labute approximate surface area is 85.4 Å². The minimum Gasteiger partial charge on any atom is -0.726 e. The van der Waals surface area contributed by atoms with Crippen LogP contribution in [0.15, 0.2) is 0 Å². The van der Waals surface area contributed by atoms with E-state index in [-0.39, 0.29) is 6.15 Å². The minimum absolute atomic E-state index is 0. The number of unbranched alkanes of at least 4 members (excludes halogenated alkanes) is 1. The Morgan fingerprint density at radius 1 is 1.36 bits per heavy atom. The van der Waals surface area contributed by atoms with Crippen LogP contribution in [0.5, 0.6) is 0 Å². The molecule has 0 radical (unpaired) electrons. The summed E-state index contributed by atoms with van der Waals surface area (Å²) in [6.45, 7) is 3.69. The fraction of sp³-hybridized carbons (Fsp3) is 1.00. The van der Waals surface area contributed by atoms with Gasteiger partial charge in [-0.2, -0.15) is 0 Å². The van der Waals surface area contributed by atoms with E-state index in [1.165, 1.54) is 0 Å². The minimum atomic E-state index is -4.60. The summed E-state index contributed by atoms with van der Waals surface area (Å²) in [5.41, 5.74) is 4.34. The SMILES string of the molecule is CC(C)(CCCCN)OS(=O)(=O)[O-].[NH4+]. The fourth-order valence-corrected chi connectivity index (χ4v) is 1.65. The second-order valence-corrected chi connectivity index (χ2v) is 4.48. The van der Waals surface area contributed by atoms with E-state index in [1.54, 1.807) is 13.8 Å². The molecule has 0 aromatic carbocycles. The number of rotatable bonds is 6. The van der Waals surface area contributed by atoms with Gasteiger partial charge in [0.1, 0.15) is 0 Å². The molecule has 0 aliphatic rings. The first kappa shape index (κ1) is 16.2. The zero-order valence-electron chi connectivity index (χ0n) is 8.95. The predicted octanol–water partition coefficient (Wildman–Crippen LogP) is 0.747. The normalized spacial score (nSPS) is 12.3. The molecule has 0 bridgehead atoms. The summed E-state index contributed by atoms with van der Waals surface area (Å²) < 4.78 is 35.2. The van der Waals surface area contributed by atoms with E-state index in [0.29, 0.717) is 13.0 Å². The van der Waals surface area contributed by atoms with E-state index in [1.807, 2.05) is 0 Å². The van der Waals surface area contributed by atoms with Gasteiger partial charge in [-0.15, -0.1) is 0 Å². The van der Waals surface area contributed by atoms with Crippen molar-refractivity contribution >= 4 is 10.4 Å². The Bertz CT molecular complexity index is 238. The van der Waals surface area contributed by atoms with Crippen LogP contribution in [0, 0.1) is 0 Å². The van der Waals surface area contributed by atoms with E-state index in [9.17, 15) is 13.0 Å². The van der Waals surface area contributed by atoms with Crippen molar-refractivity contribution in [3.05, 3.63) is 0 Å². The molecular formula is C7H20N2O4S. The monoisotopic (exact) mass is 228 g/mol. The van der Waals surface area contributed by atoms with Crippen molar-refractivity contribution in [1.29, 1.82) is 0 Å². The molecule has 0 aliphatic carbocycles. The maximum absolute atomic E-state index is 10.3. The van der Waals surface area contributed by atoms with Gasteiger partial charge in [0.25, 0.3) is 0 Å². The lowest BCUT2D eigenvalue weighted by Crippen LogP contribution is -2.28. The molecule has 0 aliphatic heterocycles. The average Bonchev–Trinajstić information content (AvgIpc) is 1.81. The van der Waals surface area contributed by atoms with E-state index in [2.05, 4.69) is 4.18 Å². The first-order valence-electron chi connectivity index (χ1n) is 4.13. The molecule has 0 amide bonds. The molecule has 6 N–H and O–H groups in total. The third kappa shape index (κ3) is 9.87. The van der Waals surface area contributed by atoms with Crippen molar-refractivity contribution in [2.75, 3.05) is 6.54 Å². The second kappa shape index (κ2) is 6.31. The molecule has 0 fully saturated rings. The lowest BCUT2D eigenvalue weighted by atomic mass is 10.0. The molecule has 14 heavy (non-hydrogen) atoms. The van der Waals surface area contributed by atoms with Gasteiger partial charge in [0, 0.05) is 0 Å². The van der Waals surface area contributed by atoms with Crippen molar-refractivity contribution < 1.29 is 17.2 Å². The summed E-state index contributed by atoms with van der Waals surface area (Å²) in [6, 6.07) is 0. The number of quaternary nitrogens is 1. The van der Waals surface area contributed by atoms with Crippen LogP contribution >= 0.6 is 0 Å². The predicted molar refractivity (Wildman–Crippen MR) is 53.8 cm³/mol. The van der Waals surface area contributed by atoms with Gasteiger partial charge in [-0.05, 0) is 39.7 Å². The standard InChI is InChI=1S/C7H17NO4S.H3N/c1-7(2,5-3-4-6-8)12-13(9,10)11;/h3-6,8H2,1-2H3,(H,9,10,11);1H3. The van der Waals surface area contributed by atoms with Gasteiger partial charge in [-0.3, -0.25) is 4.18 Å². The third-order valence-corrected chi connectivity index (χ3v) is 2.22. The molecule has 7 heteroatoms. The molecule has 0 rings (SSSR count). The van der Waals surface area contributed by atoms with Gasteiger partial charge >= 0.3 is 0 Å². The number of nitrogens with two attached hydrogens (primary N) is 1. The lowest BCUT2D eigenvalue weighted by molar-refractivity contribution is 0.0861. The first-order chi connectivity index (χ1) is 5.77. The zero-order chi connectivity index (χ0) is 10.5. The Morgan fingerprint density at radius 2 is 1.86 bits per heavy atom. The molecular weight excluding hydrogens is 208 g/mol. The van der Waals surface area contributed by atoms with Crippen molar-refractivity contribution in [3.8, 4) is 0 Å². The maximum atomic E-state index is 10.3. The molecule has 88 valence electrons. The van der Waals surface area contributed by atoms with Crippen LogP contribution in [0.1, 0.15) is 33.1 Å². The highest BCUT2D eigenvalue weighted by Gasteiger charge is 2.20. The third-order valence-electron chi connectivity index (χ3n) is 1.56. The highest BCUT2D eigenvalue weighted by molar-refractivity contribution is 7.80. The number of hydrogen-bond donors (Lipinski definition) is 2. The Kier molecular flexibility index (Phi) is 7.31. The smallest absolute Gasteiger partial charge is 0.218 e. The van der Waals surface area contributed by atoms with Crippen LogP contribution < -0.4 is 11.9 Å². The Hall–Kier alpha value is -0.210. The molecule has 0 aromatic heterocycles. The summed E-state index contributed by atoms with van der Waals surface area (Å²) in [4.78, 5) is 0. The summed E-state index contributed by atoms with van der Waals surface area (Å²) in [5, 5.41) is 0. The highest BCUT2D eigenvalue weighted by atomic mass is 32.3.